The first kappa shape index (κ1) is 12.5. The largest absolute Gasteiger partial charge is 0.0836 e. The molecule has 0 amide bonds. The number of halogens is 2. The summed E-state index contributed by atoms with van der Waals surface area (Å²) in [6.07, 6.45) is 0. The molecule has 0 spiro atoms. The summed E-state index contributed by atoms with van der Waals surface area (Å²) in [5.74, 6) is 0.533. The highest BCUT2D eigenvalue weighted by atomic mass is 35.5. The highest BCUT2D eigenvalue weighted by Gasteiger charge is 2.08. The van der Waals surface area contributed by atoms with Crippen molar-refractivity contribution in [3.63, 3.8) is 0 Å². The van der Waals surface area contributed by atoms with E-state index in [9.17, 15) is 0 Å². The van der Waals surface area contributed by atoms with E-state index < -0.39 is 0 Å². The lowest BCUT2D eigenvalue weighted by Crippen LogP contribution is -1.87. The Morgan fingerprint density at radius 1 is 0.824 bits per heavy atom. The van der Waals surface area contributed by atoms with Crippen molar-refractivity contribution in [3.8, 4) is 11.1 Å². The first-order valence-corrected chi connectivity index (χ1v) is 6.39. The zero-order valence-corrected chi connectivity index (χ0v) is 11.4. The molecule has 0 nitrogen and oxygen atoms in total. The summed E-state index contributed by atoms with van der Waals surface area (Å²) in [5.41, 5.74) is 3.29. The van der Waals surface area contributed by atoms with Crippen molar-refractivity contribution < 1.29 is 0 Å². The van der Waals surface area contributed by atoms with Crippen molar-refractivity contribution in [3.05, 3.63) is 58.1 Å². The molecule has 0 aliphatic carbocycles. The molecule has 0 aliphatic rings. The standard InChI is InChI=1S/C15H14Cl2/c1-10(2)11-6-8-12(9-7-11)15-13(16)4-3-5-14(15)17/h3-10H,1-2H3. The molecule has 0 aromatic heterocycles. The van der Waals surface area contributed by atoms with Gasteiger partial charge < -0.3 is 0 Å². The van der Waals surface area contributed by atoms with Gasteiger partial charge in [-0.15, -0.1) is 0 Å². The van der Waals surface area contributed by atoms with E-state index in [-0.39, 0.29) is 0 Å². The summed E-state index contributed by atoms with van der Waals surface area (Å²) >= 11 is 12.4. The molecule has 0 N–H and O–H groups in total. The van der Waals surface area contributed by atoms with Crippen LogP contribution in [-0.4, -0.2) is 0 Å². The Morgan fingerprint density at radius 2 is 1.35 bits per heavy atom. The van der Waals surface area contributed by atoms with Crippen LogP contribution in [0.15, 0.2) is 42.5 Å². The van der Waals surface area contributed by atoms with Gasteiger partial charge in [0.25, 0.3) is 0 Å². The average Bonchev–Trinajstić information content (AvgIpc) is 2.29. The molecule has 2 aromatic carbocycles. The van der Waals surface area contributed by atoms with Crippen molar-refractivity contribution in [1.29, 1.82) is 0 Å². The number of hydrogen-bond donors (Lipinski definition) is 0. The molecule has 2 aromatic rings. The van der Waals surface area contributed by atoms with Crippen LogP contribution >= 0.6 is 23.2 Å². The van der Waals surface area contributed by atoms with Gasteiger partial charge in [-0.2, -0.15) is 0 Å². The van der Waals surface area contributed by atoms with Gasteiger partial charge in [0.15, 0.2) is 0 Å². The lowest BCUT2D eigenvalue weighted by atomic mass is 9.99. The topological polar surface area (TPSA) is 0 Å². The van der Waals surface area contributed by atoms with Gasteiger partial charge in [0.05, 0.1) is 0 Å². The third-order valence-electron chi connectivity index (χ3n) is 2.83. The Morgan fingerprint density at radius 3 is 1.82 bits per heavy atom. The van der Waals surface area contributed by atoms with Crippen LogP contribution in [0.2, 0.25) is 10.0 Å². The first-order chi connectivity index (χ1) is 8.09. The molecular formula is C15H14Cl2. The molecule has 2 rings (SSSR count). The van der Waals surface area contributed by atoms with Crippen LogP contribution in [-0.2, 0) is 0 Å². The molecule has 0 heterocycles. The molecule has 0 unspecified atom stereocenters. The summed E-state index contributed by atoms with van der Waals surface area (Å²) < 4.78 is 0. The van der Waals surface area contributed by atoms with Crippen LogP contribution in [0.25, 0.3) is 11.1 Å². The van der Waals surface area contributed by atoms with E-state index in [1.54, 1.807) is 0 Å². The lowest BCUT2D eigenvalue weighted by molar-refractivity contribution is 0.867. The normalized spacial score (nSPS) is 10.9. The molecule has 88 valence electrons. The Kier molecular flexibility index (Phi) is 3.76. The molecule has 0 aliphatic heterocycles. The first-order valence-electron chi connectivity index (χ1n) is 5.64. The Bertz CT molecular complexity index is 493. The summed E-state index contributed by atoms with van der Waals surface area (Å²) in [7, 11) is 0. The average molecular weight is 265 g/mol. The number of hydrogen-bond acceptors (Lipinski definition) is 0. The Labute approximate surface area is 112 Å². The predicted molar refractivity (Wildman–Crippen MR) is 76.0 cm³/mol. The van der Waals surface area contributed by atoms with E-state index in [1.807, 2.05) is 18.2 Å². The van der Waals surface area contributed by atoms with Crippen molar-refractivity contribution >= 4 is 23.2 Å². The molecule has 0 atom stereocenters. The molecule has 17 heavy (non-hydrogen) atoms. The summed E-state index contributed by atoms with van der Waals surface area (Å²) in [5, 5.41) is 1.38. The van der Waals surface area contributed by atoms with Gasteiger partial charge in [0, 0.05) is 15.6 Å². The van der Waals surface area contributed by atoms with Gasteiger partial charge in [-0.25, -0.2) is 0 Å². The second-order valence-electron chi connectivity index (χ2n) is 4.37. The van der Waals surface area contributed by atoms with E-state index >= 15 is 0 Å². The smallest absolute Gasteiger partial charge is 0.0499 e. The van der Waals surface area contributed by atoms with Crippen molar-refractivity contribution in [2.45, 2.75) is 19.8 Å². The second kappa shape index (κ2) is 5.12. The minimum Gasteiger partial charge on any atom is -0.0836 e. The maximum atomic E-state index is 6.18. The van der Waals surface area contributed by atoms with Crippen molar-refractivity contribution in [1.82, 2.24) is 0 Å². The fourth-order valence-corrected chi connectivity index (χ4v) is 2.42. The maximum absolute atomic E-state index is 6.18. The summed E-state index contributed by atoms with van der Waals surface area (Å²) in [6, 6.07) is 14.0. The van der Waals surface area contributed by atoms with Crippen molar-refractivity contribution in [2.24, 2.45) is 0 Å². The van der Waals surface area contributed by atoms with Crippen LogP contribution < -0.4 is 0 Å². The molecule has 2 heteroatoms. The van der Waals surface area contributed by atoms with Crippen LogP contribution in [0.4, 0.5) is 0 Å². The zero-order chi connectivity index (χ0) is 12.4. The second-order valence-corrected chi connectivity index (χ2v) is 5.19. The fraction of sp³-hybridized carbons (Fsp3) is 0.200. The zero-order valence-electron chi connectivity index (χ0n) is 9.87. The van der Waals surface area contributed by atoms with Gasteiger partial charge in [-0.3, -0.25) is 0 Å². The molecule has 0 fully saturated rings. The third kappa shape index (κ3) is 2.65. The quantitative estimate of drug-likeness (QED) is 0.645. The Balaban J connectivity index is 2.47. The fourth-order valence-electron chi connectivity index (χ4n) is 1.81. The SMILES string of the molecule is CC(C)c1ccc(-c2c(Cl)cccc2Cl)cc1. The molecule has 0 bridgehead atoms. The van der Waals surface area contributed by atoms with Crippen LogP contribution in [0.3, 0.4) is 0 Å². The minimum absolute atomic E-state index is 0.533. The summed E-state index contributed by atoms with van der Waals surface area (Å²) in [4.78, 5) is 0. The van der Waals surface area contributed by atoms with Crippen LogP contribution in [0.1, 0.15) is 25.3 Å². The van der Waals surface area contributed by atoms with Gasteiger partial charge in [-0.1, -0.05) is 67.4 Å². The highest BCUT2D eigenvalue weighted by Crippen LogP contribution is 2.34. The molecule has 0 saturated heterocycles. The maximum Gasteiger partial charge on any atom is 0.0499 e. The van der Waals surface area contributed by atoms with Gasteiger partial charge in [0.2, 0.25) is 0 Å². The van der Waals surface area contributed by atoms with E-state index in [1.165, 1.54) is 5.56 Å². The molecular weight excluding hydrogens is 251 g/mol. The molecule has 0 radical (unpaired) electrons. The molecule has 0 saturated carbocycles. The van der Waals surface area contributed by atoms with Crippen molar-refractivity contribution in [2.75, 3.05) is 0 Å². The Hall–Kier alpha value is -0.980. The van der Waals surface area contributed by atoms with Gasteiger partial charge >= 0.3 is 0 Å². The monoisotopic (exact) mass is 264 g/mol. The third-order valence-corrected chi connectivity index (χ3v) is 3.46. The minimum atomic E-state index is 0.533. The number of rotatable bonds is 2. The van der Waals surface area contributed by atoms with E-state index in [0.29, 0.717) is 16.0 Å². The van der Waals surface area contributed by atoms with Gasteiger partial charge in [-0.05, 0) is 29.2 Å². The van der Waals surface area contributed by atoms with E-state index in [0.717, 1.165) is 11.1 Å². The van der Waals surface area contributed by atoms with Crippen LogP contribution in [0, 0.1) is 0 Å². The van der Waals surface area contributed by atoms with Crippen LogP contribution in [0.5, 0.6) is 0 Å². The highest BCUT2D eigenvalue weighted by molar-refractivity contribution is 6.39. The number of benzene rings is 2. The van der Waals surface area contributed by atoms with Gasteiger partial charge in [0.1, 0.15) is 0 Å². The predicted octanol–water partition coefficient (Wildman–Crippen LogP) is 5.78. The summed E-state index contributed by atoms with van der Waals surface area (Å²) in [6.45, 7) is 4.36. The lowest BCUT2D eigenvalue weighted by Gasteiger charge is -2.09. The van der Waals surface area contributed by atoms with E-state index in [2.05, 4.69) is 38.1 Å². The van der Waals surface area contributed by atoms with E-state index in [4.69, 9.17) is 23.2 Å².